The number of methoxy groups -OCH3 is 1. The molecule has 1 aliphatic carbocycles. The van der Waals surface area contributed by atoms with Gasteiger partial charge >= 0.3 is 6.09 Å². The van der Waals surface area contributed by atoms with Gasteiger partial charge in [0.1, 0.15) is 17.6 Å². The van der Waals surface area contributed by atoms with Crippen LogP contribution in [0.25, 0.3) is 5.65 Å². The molecule has 1 aliphatic heterocycles. The molecule has 1 amide bonds. The fourth-order valence-electron chi connectivity index (χ4n) is 4.02. The molecule has 0 saturated carbocycles. The van der Waals surface area contributed by atoms with E-state index in [9.17, 15) is 17.6 Å². The third-order valence-electron chi connectivity index (χ3n) is 5.58. The molecule has 3 heterocycles. The number of morpholine rings is 1. The predicted molar refractivity (Wildman–Crippen MR) is 117 cm³/mol. The molecule has 1 saturated heterocycles. The van der Waals surface area contributed by atoms with Crippen LogP contribution in [0, 0.1) is 5.82 Å². The Balaban J connectivity index is 1.77. The van der Waals surface area contributed by atoms with Crippen molar-refractivity contribution in [3.63, 3.8) is 0 Å². The van der Waals surface area contributed by atoms with E-state index < -0.39 is 49.9 Å². The molecule has 34 heavy (non-hydrogen) atoms. The summed E-state index contributed by atoms with van der Waals surface area (Å²) in [6, 6.07) is 1.20. The third kappa shape index (κ3) is 4.77. The standard InChI is InChI=1S/C20H18Cl2F3N3O5S/c1-32-20(29)27-2-3-33-10(8-27)4-16-19(26-17-7-12(21)15(25)9-28(16)17)18-13(23)5-11(6-14(18)24)34(22,30)31/h5-7,9-10,13,18H,2-4,8H2,1H3/t10-,13?,18?/m0/s1. The van der Waals surface area contributed by atoms with Gasteiger partial charge in [-0.15, -0.1) is 0 Å². The number of alkyl halides is 1. The molecule has 2 aromatic heterocycles. The number of pyridine rings is 1. The fourth-order valence-corrected chi connectivity index (χ4v) is 5.00. The Morgan fingerprint density at radius 2 is 2.12 bits per heavy atom. The van der Waals surface area contributed by atoms with Gasteiger partial charge in [-0.2, -0.15) is 0 Å². The first-order valence-corrected chi connectivity index (χ1v) is 12.7. The largest absolute Gasteiger partial charge is 0.453 e. The van der Waals surface area contributed by atoms with Crippen molar-refractivity contribution in [3.05, 3.63) is 57.4 Å². The lowest BCUT2D eigenvalue weighted by molar-refractivity contribution is -0.0243. The summed E-state index contributed by atoms with van der Waals surface area (Å²) in [6.07, 6.45) is -0.953. The van der Waals surface area contributed by atoms with Crippen LogP contribution in [0.2, 0.25) is 5.02 Å². The number of allylic oxidation sites excluding steroid dienone is 3. The summed E-state index contributed by atoms with van der Waals surface area (Å²) in [5, 5.41) is -0.242. The monoisotopic (exact) mass is 539 g/mol. The Bertz CT molecular complexity index is 1310. The van der Waals surface area contributed by atoms with E-state index in [0.29, 0.717) is 18.7 Å². The second kappa shape index (κ2) is 9.40. The van der Waals surface area contributed by atoms with E-state index in [2.05, 4.69) is 4.98 Å². The van der Waals surface area contributed by atoms with Crippen molar-refractivity contribution in [3.8, 4) is 0 Å². The van der Waals surface area contributed by atoms with Crippen LogP contribution in [0.5, 0.6) is 0 Å². The molecule has 0 aromatic carbocycles. The number of rotatable bonds is 4. The number of halogens is 5. The normalized spacial score (nSPS) is 23.6. The zero-order chi connectivity index (χ0) is 24.8. The van der Waals surface area contributed by atoms with Crippen LogP contribution >= 0.6 is 22.3 Å². The lowest BCUT2D eigenvalue weighted by Gasteiger charge is -2.32. The molecular formula is C20H18Cl2F3N3O5S. The Morgan fingerprint density at radius 1 is 1.38 bits per heavy atom. The molecule has 0 bridgehead atoms. The average Bonchev–Trinajstić information content (AvgIpc) is 3.09. The van der Waals surface area contributed by atoms with Gasteiger partial charge in [0, 0.05) is 41.6 Å². The first-order chi connectivity index (χ1) is 16.0. The van der Waals surface area contributed by atoms with E-state index in [1.54, 1.807) is 0 Å². The molecule has 2 unspecified atom stereocenters. The Labute approximate surface area is 202 Å². The second-order valence-electron chi connectivity index (χ2n) is 7.71. The number of amides is 1. The number of nitrogens with zero attached hydrogens (tertiary/aromatic N) is 3. The molecule has 14 heteroatoms. The lowest BCUT2D eigenvalue weighted by atomic mass is 9.91. The molecule has 0 N–H and O–H groups in total. The van der Waals surface area contributed by atoms with Gasteiger partial charge in [0.15, 0.2) is 5.82 Å². The molecule has 8 nitrogen and oxygen atoms in total. The Morgan fingerprint density at radius 3 is 2.76 bits per heavy atom. The summed E-state index contributed by atoms with van der Waals surface area (Å²) in [5.41, 5.74) is 0.241. The zero-order valence-electron chi connectivity index (χ0n) is 17.6. The number of imidazole rings is 1. The van der Waals surface area contributed by atoms with Gasteiger partial charge < -0.3 is 18.8 Å². The van der Waals surface area contributed by atoms with Crippen molar-refractivity contribution in [2.45, 2.75) is 24.6 Å². The van der Waals surface area contributed by atoms with Crippen molar-refractivity contribution < 1.29 is 35.9 Å². The Hall–Kier alpha value is -2.28. The SMILES string of the molecule is COC(=O)N1CCO[C@@H](Cc2c(C3C(F)=CC(S(=O)(=O)Cl)=CC3F)nc3cc(Cl)c(F)cn23)C1. The maximum atomic E-state index is 15.1. The van der Waals surface area contributed by atoms with E-state index in [0.717, 1.165) is 6.20 Å². The molecule has 3 atom stereocenters. The minimum absolute atomic E-state index is 0.00590. The van der Waals surface area contributed by atoms with Crippen LogP contribution in [0.3, 0.4) is 0 Å². The number of hydrogen-bond donors (Lipinski definition) is 0. The highest BCUT2D eigenvalue weighted by molar-refractivity contribution is 8.17. The number of fused-ring (bicyclic) bond motifs is 1. The van der Waals surface area contributed by atoms with Gasteiger partial charge in [-0.1, -0.05) is 11.6 Å². The Kier molecular flexibility index (Phi) is 6.87. The first-order valence-electron chi connectivity index (χ1n) is 9.97. The summed E-state index contributed by atoms with van der Waals surface area (Å²) < 4.78 is 79.3. The average molecular weight is 540 g/mol. The number of hydrogen-bond acceptors (Lipinski definition) is 6. The smallest absolute Gasteiger partial charge is 0.409 e. The predicted octanol–water partition coefficient (Wildman–Crippen LogP) is 3.88. The van der Waals surface area contributed by atoms with Crippen LogP contribution in [-0.2, 0) is 24.9 Å². The molecule has 184 valence electrons. The maximum absolute atomic E-state index is 15.1. The van der Waals surface area contributed by atoms with E-state index in [-0.39, 0.29) is 41.6 Å². The summed E-state index contributed by atoms with van der Waals surface area (Å²) in [7, 11) is 2.11. The third-order valence-corrected chi connectivity index (χ3v) is 7.22. The summed E-state index contributed by atoms with van der Waals surface area (Å²) >= 11 is 5.86. The second-order valence-corrected chi connectivity index (χ2v) is 10.7. The number of carbonyl (C=O) groups is 1. The van der Waals surface area contributed by atoms with Crippen LogP contribution < -0.4 is 0 Å². The van der Waals surface area contributed by atoms with Gasteiger partial charge in [0.05, 0.1) is 47.9 Å². The minimum atomic E-state index is -4.37. The van der Waals surface area contributed by atoms with E-state index in [4.69, 9.17) is 31.8 Å². The number of aromatic nitrogens is 2. The van der Waals surface area contributed by atoms with E-state index >= 15 is 8.78 Å². The van der Waals surface area contributed by atoms with Crippen LogP contribution in [0.4, 0.5) is 18.0 Å². The number of carbonyl (C=O) groups excluding carboxylic acids is 1. The molecule has 2 aliphatic rings. The first kappa shape index (κ1) is 24.8. The lowest BCUT2D eigenvalue weighted by Crippen LogP contribution is -2.46. The quantitative estimate of drug-likeness (QED) is 0.547. The van der Waals surface area contributed by atoms with Gasteiger partial charge in [-0.25, -0.2) is 31.4 Å². The number of ether oxygens (including phenoxy) is 2. The van der Waals surface area contributed by atoms with Crippen molar-refractivity contribution >= 4 is 43.1 Å². The van der Waals surface area contributed by atoms with Gasteiger partial charge in [-0.3, -0.25) is 0 Å². The molecule has 2 aromatic rings. The topological polar surface area (TPSA) is 90.2 Å². The van der Waals surface area contributed by atoms with Gasteiger partial charge in [-0.05, 0) is 12.2 Å². The van der Waals surface area contributed by atoms with Crippen molar-refractivity contribution in [1.29, 1.82) is 0 Å². The molecule has 0 spiro atoms. The van der Waals surface area contributed by atoms with Crippen molar-refractivity contribution in [2.24, 2.45) is 0 Å². The molecule has 0 radical (unpaired) electrons. The van der Waals surface area contributed by atoms with Crippen molar-refractivity contribution in [1.82, 2.24) is 14.3 Å². The highest BCUT2D eigenvalue weighted by Crippen LogP contribution is 2.40. The highest BCUT2D eigenvalue weighted by Gasteiger charge is 2.37. The summed E-state index contributed by atoms with van der Waals surface area (Å²) in [6.45, 7) is 0.599. The zero-order valence-corrected chi connectivity index (χ0v) is 19.9. The van der Waals surface area contributed by atoms with Crippen molar-refractivity contribution in [2.75, 3.05) is 26.8 Å². The molecular weight excluding hydrogens is 522 g/mol. The minimum Gasteiger partial charge on any atom is -0.453 e. The maximum Gasteiger partial charge on any atom is 0.409 e. The summed E-state index contributed by atoms with van der Waals surface area (Å²) in [4.78, 5) is 16.9. The van der Waals surface area contributed by atoms with E-state index in [1.165, 1.54) is 22.5 Å². The fraction of sp³-hybridized carbons (Fsp3) is 0.400. The van der Waals surface area contributed by atoms with Crippen LogP contribution in [-0.4, -0.2) is 67.9 Å². The van der Waals surface area contributed by atoms with Gasteiger partial charge in [0.25, 0.3) is 9.05 Å². The molecule has 1 fully saturated rings. The van der Waals surface area contributed by atoms with Crippen LogP contribution in [0.1, 0.15) is 17.3 Å². The molecule has 4 rings (SSSR count). The summed E-state index contributed by atoms with van der Waals surface area (Å²) in [5.74, 6) is -3.52. The van der Waals surface area contributed by atoms with E-state index in [1.807, 2.05) is 0 Å². The van der Waals surface area contributed by atoms with Gasteiger partial charge in [0.2, 0.25) is 0 Å². The van der Waals surface area contributed by atoms with Crippen LogP contribution in [0.15, 0.2) is 35.1 Å². The highest BCUT2D eigenvalue weighted by atomic mass is 35.7.